The molecule has 0 unspecified atom stereocenters. The highest BCUT2D eigenvalue weighted by Crippen LogP contribution is 2.26. The molecule has 1 aliphatic heterocycles. The number of amides is 1. The average molecular weight is 358 g/mol. The van der Waals surface area contributed by atoms with Crippen molar-refractivity contribution < 1.29 is 33.0 Å². The van der Waals surface area contributed by atoms with E-state index in [1.54, 1.807) is 6.07 Å². The second-order valence-corrected chi connectivity index (χ2v) is 5.59. The van der Waals surface area contributed by atoms with Crippen LogP contribution in [-0.4, -0.2) is 61.3 Å². The van der Waals surface area contributed by atoms with Gasteiger partial charge in [0, 0.05) is 24.8 Å². The van der Waals surface area contributed by atoms with Crippen LogP contribution in [0.1, 0.15) is 23.2 Å². The van der Waals surface area contributed by atoms with Gasteiger partial charge in [0.15, 0.2) is 0 Å². The number of anilines is 1. The highest BCUT2D eigenvalue weighted by Gasteiger charge is 2.24. The van der Waals surface area contributed by atoms with Crippen molar-refractivity contribution in [1.29, 1.82) is 0 Å². The molecular formula is C16H20F2N2O5. The van der Waals surface area contributed by atoms with Gasteiger partial charge in [-0.3, -0.25) is 0 Å². The Kier molecular flexibility index (Phi) is 6.37. The van der Waals surface area contributed by atoms with Crippen LogP contribution in [0.2, 0.25) is 0 Å². The second-order valence-electron chi connectivity index (χ2n) is 5.59. The van der Waals surface area contributed by atoms with Gasteiger partial charge in [-0.25, -0.2) is 18.4 Å². The molecule has 1 fully saturated rings. The van der Waals surface area contributed by atoms with Gasteiger partial charge in [0.1, 0.15) is 12.4 Å². The molecule has 1 saturated heterocycles. The lowest BCUT2D eigenvalue weighted by molar-refractivity contribution is 0.0600. The third-order valence-electron chi connectivity index (χ3n) is 3.90. The molecule has 0 bridgehead atoms. The lowest BCUT2D eigenvalue weighted by atomic mass is 10.0. The monoisotopic (exact) mass is 358 g/mol. The molecule has 1 aromatic carbocycles. The molecule has 2 rings (SSSR count). The summed E-state index contributed by atoms with van der Waals surface area (Å²) in [5, 5.41) is 12.2. The number of nitrogens with zero attached hydrogens (tertiary/aromatic N) is 1. The summed E-state index contributed by atoms with van der Waals surface area (Å²) in [5.41, 5.74) is 0.667. The van der Waals surface area contributed by atoms with Gasteiger partial charge in [-0.1, -0.05) is 0 Å². The standard InChI is InChI=1S/C16H20F2N2O5/c1-24-15(21)12-8-11(25-9-14(17)18)2-3-13(12)19-10-4-6-20(7-5-10)16(22)23/h2-3,8,10,14,19H,4-7,9H2,1H3,(H,22,23). The minimum atomic E-state index is -2.61. The van der Waals surface area contributed by atoms with Crippen molar-refractivity contribution in [3.8, 4) is 5.75 Å². The Bertz CT molecular complexity index is 619. The Morgan fingerprint density at radius 1 is 1.36 bits per heavy atom. The van der Waals surface area contributed by atoms with Crippen LogP contribution in [0.3, 0.4) is 0 Å². The molecule has 0 spiro atoms. The highest BCUT2D eigenvalue weighted by molar-refractivity contribution is 5.96. The van der Waals surface area contributed by atoms with Gasteiger partial charge in [0.05, 0.1) is 12.7 Å². The summed E-state index contributed by atoms with van der Waals surface area (Å²) in [6.07, 6.45) is -2.37. The summed E-state index contributed by atoms with van der Waals surface area (Å²) >= 11 is 0. The minimum absolute atomic E-state index is 0.00756. The second kappa shape index (κ2) is 8.50. The lowest BCUT2D eigenvalue weighted by Gasteiger charge is -2.31. The van der Waals surface area contributed by atoms with Crippen LogP contribution in [-0.2, 0) is 4.74 Å². The van der Waals surface area contributed by atoms with E-state index in [0.29, 0.717) is 31.6 Å². The zero-order chi connectivity index (χ0) is 18.4. The number of rotatable bonds is 6. The van der Waals surface area contributed by atoms with Crippen LogP contribution in [0.25, 0.3) is 0 Å². The van der Waals surface area contributed by atoms with Gasteiger partial charge >= 0.3 is 12.1 Å². The summed E-state index contributed by atoms with van der Waals surface area (Å²) in [5.74, 6) is -0.472. The smallest absolute Gasteiger partial charge is 0.407 e. The Balaban J connectivity index is 2.08. The fourth-order valence-corrected chi connectivity index (χ4v) is 2.61. The minimum Gasteiger partial charge on any atom is -0.488 e. The van der Waals surface area contributed by atoms with E-state index in [4.69, 9.17) is 14.6 Å². The fourth-order valence-electron chi connectivity index (χ4n) is 2.61. The highest BCUT2D eigenvalue weighted by atomic mass is 19.3. The van der Waals surface area contributed by atoms with E-state index in [2.05, 4.69) is 5.32 Å². The van der Waals surface area contributed by atoms with E-state index in [1.165, 1.54) is 24.1 Å². The number of nitrogens with one attached hydrogen (secondary N) is 1. The molecule has 1 amide bonds. The number of carbonyl (C=O) groups is 2. The molecule has 25 heavy (non-hydrogen) atoms. The number of halogens is 2. The van der Waals surface area contributed by atoms with Crippen LogP contribution in [0.5, 0.6) is 5.75 Å². The van der Waals surface area contributed by atoms with Crippen LogP contribution in [0.4, 0.5) is 19.3 Å². The van der Waals surface area contributed by atoms with E-state index in [-0.39, 0.29) is 17.4 Å². The van der Waals surface area contributed by atoms with Gasteiger partial charge in [-0.05, 0) is 31.0 Å². The Hall–Kier alpha value is -2.58. The Morgan fingerprint density at radius 3 is 2.60 bits per heavy atom. The summed E-state index contributed by atoms with van der Waals surface area (Å²) in [6, 6.07) is 4.40. The quantitative estimate of drug-likeness (QED) is 0.760. The van der Waals surface area contributed by atoms with Crippen molar-refractivity contribution in [2.75, 3.05) is 32.1 Å². The van der Waals surface area contributed by atoms with Gasteiger partial charge in [0.25, 0.3) is 6.43 Å². The molecule has 1 aliphatic rings. The molecule has 1 heterocycles. The van der Waals surface area contributed by atoms with Gasteiger partial charge in [0.2, 0.25) is 0 Å². The number of benzene rings is 1. The number of likely N-dealkylation sites (tertiary alicyclic amines) is 1. The number of methoxy groups -OCH3 is 1. The molecule has 0 radical (unpaired) electrons. The predicted molar refractivity (Wildman–Crippen MR) is 85.5 cm³/mol. The number of ether oxygens (including phenoxy) is 2. The van der Waals surface area contributed by atoms with E-state index >= 15 is 0 Å². The van der Waals surface area contributed by atoms with E-state index in [0.717, 1.165) is 0 Å². The maximum absolute atomic E-state index is 12.2. The van der Waals surface area contributed by atoms with Crippen molar-refractivity contribution in [3.05, 3.63) is 23.8 Å². The molecule has 7 nitrogen and oxygen atoms in total. The zero-order valence-electron chi connectivity index (χ0n) is 13.7. The molecule has 138 valence electrons. The number of hydrogen-bond donors (Lipinski definition) is 2. The summed E-state index contributed by atoms with van der Waals surface area (Å²) in [6.45, 7) is 0.0350. The zero-order valence-corrected chi connectivity index (χ0v) is 13.7. The maximum atomic E-state index is 12.2. The number of hydrogen-bond acceptors (Lipinski definition) is 5. The lowest BCUT2D eigenvalue weighted by Crippen LogP contribution is -2.41. The van der Waals surface area contributed by atoms with Crippen LogP contribution in [0, 0.1) is 0 Å². The molecule has 0 aromatic heterocycles. The molecule has 0 saturated carbocycles. The molecule has 2 N–H and O–H groups in total. The van der Waals surface area contributed by atoms with Gasteiger partial charge in [-0.2, -0.15) is 0 Å². The number of esters is 1. The third kappa shape index (κ3) is 5.20. The number of carbonyl (C=O) groups excluding carboxylic acids is 1. The topological polar surface area (TPSA) is 88.1 Å². The molecule has 0 atom stereocenters. The normalized spacial score (nSPS) is 15.1. The van der Waals surface area contributed by atoms with Crippen molar-refractivity contribution >= 4 is 17.7 Å². The first-order valence-corrected chi connectivity index (χ1v) is 7.78. The molecular weight excluding hydrogens is 338 g/mol. The van der Waals surface area contributed by atoms with Crippen LogP contribution >= 0.6 is 0 Å². The van der Waals surface area contributed by atoms with Crippen molar-refractivity contribution in [2.45, 2.75) is 25.3 Å². The van der Waals surface area contributed by atoms with E-state index in [9.17, 15) is 18.4 Å². The maximum Gasteiger partial charge on any atom is 0.407 e. The summed E-state index contributed by atoms with van der Waals surface area (Å²) in [7, 11) is 1.23. The predicted octanol–water partition coefficient (Wildman–Crippen LogP) is 2.67. The Morgan fingerprint density at radius 2 is 2.04 bits per heavy atom. The number of piperidine rings is 1. The number of alkyl halides is 2. The fraction of sp³-hybridized carbons (Fsp3) is 0.500. The summed E-state index contributed by atoms with van der Waals surface area (Å²) < 4.78 is 34.2. The molecule has 9 heteroatoms. The van der Waals surface area contributed by atoms with Gasteiger partial charge in [-0.15, -0.1) is 0 Å². The first kappa shape index (κ1) is 18.8. The summed E-state index contributed by atoms with van der Waals surface area (Å²) in [4.78, 5) is 24.2. The van der Waals surface area contributed by atoms with Crippen LogP contribution < -0.4 is 10.1 Å². The van der Waals surface area contributed by atoms with Crippen molar-refractivity contribution in [1.82, 2.24) is 4.90 Å². The first-order chi connectivity index (χ1) is 11.9. The van der Waals surface area contributed by atoms with E-state index < -0.39 is 25.1 Å². The van der Waals surface area contributed by atoms with Crippen molar-refractivity contribution in [3.63, 3.8) is 0 Å². The van der Waals surface area contributed by atoms with Crippen molar-refractivity contribution in [2.24, 2.45) is 0 Å². The van der Waals surface area contributed by atoms with Crippen LogP contribution in [0.15, 0.2) is 18.2 Å². The largest absolute Gasteiger partial charge is 0.488 e. The third-order valence-corrected chi connectivity index (χ3v) is 3.90. The first-order valence-electron chi connectivity index (χ1n) is 7.78. The number of carboxylic acid groups (broad SMARTS) is 1. The van der Waals surface area contributed by atoms with Gasteiger partial charge < -0.3 is 24.8 Å². The SMILES string of the molecule is COC(=O)c1cc(OCC(F)F)ccc1NC1CCN(C(=O)O)CC1. The molecule has 1 aromatic rings. The van der Waals surface area contributed by atoms with E-state index in [1.807, 2.05) is 0 Å². The average Bonchev–Trinajstić information content (AvgIpc) is 2.60. The Labute approximate surface area is 143 Å². The molecule has 0 aliphatic carbocycles.